The number of carbonyl (C=O) groups excluding carboxylic acids is 1. The van der Waals surface area contributed by atoms with E-state index in [-0.39, 0.29) is 11.3 Å². The Balaban J connectivity index is 2.21. The van der Waals surface area contributed by atoms with Crippen LogP contribution in [0.5, 0.6) is 5.75 Å². The van der Waals surface area contributed by atoms with Crippen LogP contribution < -0.4 is 15.8 Å². The zero-order chi connectivity index (χ0) is 18.4. The van der Waals surface area contributed by atoms with Gasteiger partial charge in [-0.05, 0) is 30.7 Å². The molecule has 0 spiro atoms. The van der Waals surface area contributed by atoms with Crippen molar-refractivity contribution in [3.8, 4) is 5.75 Å². The molecule has 0 fully saturated rings. The lowest BCUT2D eigenvalue weighted by atomic mass is 9.90. The van der Waals surface area contributed by atoms with Gasteiger partial charge in [-0.15, -0.1) is 11.3 Å². The predicted molar refractivity (Wildman–Crippen MR) is 104 cm³/mol. The average Bonchev–Trinajstić information content (AvgIpc) is 2.96. The quantitative estimate of drug-likeness (QED) is 0.788. The minimum Gasteiger partial charge on any atom is -0.497 e. The van der Waals surface area contributed by atoms with Gasteiger partial charge in [0.05, 0.1) is 12.8 Å². The molecule has 6 heteroatoms. The fourth-order valence-electron chi connectivity index (χ4n) is 2.48. The van der Waals surface area contributed by atoms with Crippen molar-refractivity contribution in [3.05, 3.63) is 40.4 Å². The number of thiazole rings is 1. The number of aromatic nitrogens is 1. The van der Waals surface area contributed by atoms with Crippen LogP contribution in [-0.2, 0) is 16.6 Å². The summed E-state index contributed by atoms with van der Waals surface area (Å²) < 4.78 is 5.21. The lowest BCUT2D eigenvalue weighted by molar-refractivity contribution is -0.116. The fraction of sp³-hybridized carbons (Fsp3) is 0.474. The van der Waals surface area contributed by atoms with E-state index in [1.54, 1.807) is 18.4 Å². The Labute approximate surface area is 153 Å². The first-order valence-corrected chi connectivity index (χ1v) is 9.28. The molecule has 0 aliphatic rings. The van der Waals surface area contributed by atoms with E-state index in [0.717, 1.165) is 17.9 Å². The molecule has 0 aliphatic heterocycles. The fourth-order valence-corrected chi connectivity index (χ4v) is 3.71. The van der Waals surface area contributed by atoms with Gasteiger partial charge in [0.1, 0.15) is 5.75 Å². The highest BCUT2D eigenvalue weighted by atomic mass is 32.1. The van der Waals surface area contributed by atoms with Crippen LogP contribution in [0.15, 0.2) is 24.3 Å². The summed E-state index contributed by atoms with van der Waals surface area (Å²) >= 11 is 1.55. The summed E-state index contributed by atoms with van der Waals surface area (Å²) in [5, 5.41) is 3.57. The molecule has 0 atom stereocenters. The van der Waals surface area contributed by atoms with E-state index in [0.29, 0.717) is 24.5 Å². The van der Waals surface area contributed by atoms with Crippen molar-refractivity contribution in [1.82, 2.24) is 4.98 Å². The Bertz CT molecular complexity index is 702. The van der Waals surface area contributed by atoms with E-state index < -0.39 is 0 Å². The van der Waals surface area contributed by atoms with Gasteiger partial charge in [-0.3, -0.25) is 4.79 Å². The van der Waals surface area contributed by atoms with Crippen molar-refractivity contribution >= 4 is 22.4 Å². The molecule has 1 aromatic carbocycles. The Kier molecular flexibility index (Phi) is 6.56. The minimum absolute atomic E-state index is 0.0318. The highest BCUT2D eigenvalue weighted by molar-refractivity contribution is 7.15. The van der Waals surface area contributed by atoms with Gasteiger partial charge >= 0.3 is 0 Å². The highest BCUT2D eigenvalue weighted by Gasteiger charge is 2.24. The van der Waals surface area contributed by atoms with E-state index in [2.05, 4.69) is 38.2 Å². The van der Waals surface area contributed by atoms with Crippen LogP contribution in [0.25, 0.3) is 0 Å². The smallest absolute Gasteiger partial charge is 0.226 e. The molecule has 0 radical (unpaired) electrons. The molecule has 25 heavy (non-hydrogen) atoms. The third-order valence-electron chi connectivity index (χ3n) is 3.79. The lowest BCUT2D eigenvalue weighted by Gasteiger charge is -2.17. The van der Waals surface area contributed by atoms with Crippen LogP contribution >= 0.6 is 11.3 Å². The number of anilines is 1. The van der Waals surface area contributed by atoms with Gasteiger partial charge in [0.15, 0.2) is 5.13 Å². The Morgan fingerprint density at radius 2 is 1.96 bits per heavy atom. The molecule has 1 aromatic heterocycles. The van der Waals surface area contributed by atoms with E-state index in [4.69, 9.17) is 15.5 Å². The SMILES string of the molecule is COc1ccc(Cc2sc(NC(=O)CCCN)nc2C(C)(C)C)cc1. The number of nitrogens with two attached hydrogens (primary N) is 1. The Morgan fingerprint density at radius 1 is 1.28 bits per heavy atom. The number of rotatable bonds is 7. The minimum atomic E-state index is -0.0848. The van der Waals surface area contributed by atoms with Crippen molar-refractivity contribution in [2.24, 2.45) is 5.73 Å². The van der Waals surface area contributed by atoms with Crippen molar-refractivity contribution in [2.45, 2.75) is 45.4 Å². The number of amides is 1. The first-order valence-electron chi connectivity index (χ1n) is 8.46. The summed E-state index contributed by atoms with van der Waals surface area (Å²) in [6, 6.07) is 8.04. The number of methoxy groups -OCH3 is 1. The Hall–Kier alpha value is -1.92. The molecular weight excluding hydrogens is 334 g/mol. The van der Waals surface area contributed by atoms with Gasteiger partial charge in [-0.2, -0.15) is 0 Å². The zero-order valence-corrected chi connectivity index (χ0v) is 16.2. The topological polar surface area (TPSA) is 77.2 Å². The van der Waals surface area contributed by atoms with Gasteiger partial charge in [-0.1, -0.05) is 32.9 Å². The van der Waals surface area contributed by atoms with Crippen LogP contribution in [0.1, 0.15) is 49.7 Å². The molecule has 0 aliphatic carbocycles. The number of carbonyl (C=O) groups is 1. The highest BCUT2D eigenvalue weighted by Crippen LogP contribution is 2.34. The van der Waals surface area contributed by atoms with Crippen LogP contribution in [-0.4, -0.2) is 24.5 Å². The zero-order valence-electron chi connectivity index (χ0n) is 15.4. The third kappa shape index (κ3) is 5.54. The van der Waals surface area contributed by atoms with Gasteiger partial charge in [0.2, 0.25) is 5.91 Å². The van der Waals surface area contributed by atoms with Crippen molar-refractivity contribution in [3.63, 3.8) is 0 Å². The molecule has 136 valence electrons. The number of nitrogens with zero attached hydrogens (tertiary/aromatic N) is 1. The molecule has 2 rings (SSSR count). The summed E-state index contributed by atoms with van der Waals surface area (Å²) in [5.41, 5.74) is 7.60. The summed E-state index contributed by atoms with van der Waals surface area (Å²) in [6.07, 6.45) is 1.89. The molecular formula is C19H27N3O2S. The molecule has 1 amide bonds. The van der Waals surface area contributed by atoms with E-state index in [9.17, 15) is 4.79 Å². The van der Waals surface area contributed by atoms with E-state index in [1.807, 2.05) is 12.1 Å². The van der Waals surface area contributed by atoms with Crippen LogP contribution in [0.2, 0.25) is 0 Å². The second-order valence-electron chi connectivity index (χ2n) is 7.01. The molecule has 3 N–H and O–H groups in total. The van der Waals surface area contributed by atoms with Crippen LogP contribution in [0, 0.1) is 0 Å². The number of hydrogen-bond acceptors (Lipinski definition) is 5. The monoisotopic (exact) mass is 361 g/mol. The van der Waals surface area contributed by atoms with Crippen LogP contribution in [0.3, 0.4) is 0 Å². The molecule has 0 bridgehead atoms. The molecule has 0 saturated heterocycles. The Morgan fingerprint density at radius 3 is 2.52 bits per heavy atom. The average molecular weight is 362 g/mol. The molecule has 2 aromatic rings. The van der Waals surface area contributed by atoms with Crippen LogP contribution in [0.4, 0.5) is 5.13 Å². The van der Waals surface area contributed by atoms with Crippen molar-refractivity contribution in [1.29, 1.82) is 0 Å². The number of nitrogens with one attached hydrogen (secondary N) is 1. The lowest BCUT2D eigenvalue weighted by Crippen LogP contribution is -2.16. The molecule has 5 nitrogen and oxygen atoms in total. The normalized spacial score (nSPS) is 11.4. The molecule has 0 saturated carbocycles. The summed E-state index contributed by atoms with van der Waals surface area (Å²) in [6.45, 7) is 6.93. The molecule has 1 heterocycles. The van der Waals surface area contributed by atoms with Gasteiger partial charge in [-0.25, -0.2) is 4.98 Å². The van der Waals surface area contributed by atoms with Crippen molar-refractivity contribution in [2.75, 3.05) is 19.0 Å². The predicted octanol–water partition coefficient (Wildman–Crippen LogP) is 3.72. The first kappa shape index (κ1) is 19.4. The number of benzene rings is 1. The van der Waals surface area contributed by atoms with E-state index in [1.165, 1.54) is 10.4 Å². The maximum atomic E-state index is 12.0. The number of ether oxygens (including phenoxy) is 1. The third-order valence-corrected chi connectivity index (χ3v) is 4.76. The number of hydrogen-bond donors (Lipinski definition) is 2. The van der Waals surface area contributed by atoms with Gasteiger partial charge in [0, 0.05) is 23.1 Å². The molecule has 0 unspecified atom stereocenters. The standard InChI is InChI=1S/C19H27N3O2S/c1-19(2,3)17-15(12-13-7-9-14(24-4)10-8-13)25-18(22-17)21-16(23)6-5-11-20/h7-10H,5-6,11-12,20H2,1-4H3,(H,21,22,23). The maximum absolute atomic E-state index is 12.0. The van der Waals surface area contributed by atoms with E-state index >= 15 is 0 Å². The second-order valence-corrected chi connectivity index (χ2v) is 8.09. The van der Waals surface area contributed by atoms with Gasteiger partial charge in [0.25, 0.3) is 0 Å². The summed E-state index contributed by atoms with van der Waals surface area (Å²) in [5.74, 6) is 0.813. The largest absolute Gasteiger partial charge is 0.497 e. The first-order chi connectivity index (χ1) is 11.8. The maximum Gasteiger partial charge on any atom is 0.226 e. The van der Waals surface area contributed by atoms with Crippen molar-refractivity contribution < 1.29 is 9.53 Å². The summed E-state index contributed by atoms with van der Waals surface area (Å²) in [4.78, 5) is 17.8. The summed E-state index contributed by atoms with van der Waals surface area (Å²) in [7, 11) is 1.66. The van der Waals surface area contributed by atoms with Gasteiger partial charge < -0.3 is 15.8 Å². The second kappa shape index (κ2) is 8.45.